The van der Waals surface area contributed by atoms with Crippen molar-refractivity contribution in [3.05, 3.63) is 70.4 Å². The molecule has 2 aromatic heterocycles. The minimum atomic E-state index is -0.313. The lowest BCUT2D eigenvalue weighted by molar-refractivity contribution is -0.116. The summed E-state index contributed by atoms with van der Waals surface area (Å²) >= 11 is 13.6. The number of thiazole rings is 1. The highest BCUT2D eigenvalue weighted by Gasteiger charge is 2.11. The molecule has 0 spiro atoms. The Kier molecular flexibility index (Phi) is 6.60. The molecule has 32 heavy (non-hydrogen) atoms. The number of hydrogen-bond donors (Lipinski definition) is 2. The van der Waals surface area contributed by atoms with Crippen LogP contribution in [0.15, 0.2) is 59.0 Å². The van der Waals surface area contributed by atoms with Crippen LogP contribution in [0.2, 0.25) is 10.0 Å². The zero-order chi connectivity index (χ0) is 22.7. The Morgan fingerprint density at radius 3 is 2.78 bits per heavy atom. The van der Waals surface area contributed by atoms with Crippen molar-refractivity contribution in [2.24, 2.45) is 0 Å². The van der Waals surface area contributed by atoms with Crippen molar-refractivity contribution in [1.29, 1.82) is 0 Å². The van der Waals surface area contributed by atoms with Gasteiger partial charge in [0.15, 0.2) is 5.13 Å². The fourth-order valence-electron chi connectivity index (χ4n) is 2.89. The van der Waals surface area contributed by atoms with E-state index in [2.05, 4.69) is 15.6 Å². The van der Waals surface area contributed by atoms with E-state index in [4.69, 9.17) is 27.6 Å². The van der Waals surface area contributed by atoms with Gasteiger partial charge in [0.1, 0.15) is 11.5 Å². The topological polar surface area (TPSA) is 84.2 Å². The maximum Gasteiger partial charge on any atom is 0.248 e. The summed E-state index contributed by atoms with van der Waals surface area (Å²) < 4.78 is 6.61. The number of aromatic nitrogens is 1. The van der Waals surface area contributed by atoms with Gasteiger partial charge in [0.2, 0.25) is 11.8 Å². The van der Waals surface area contributed by atoms with Crippen LogP contribution in [0.3, 0.4) is 0 Å². The molecule has 9 heteroatoms. The summed E-state index contributed by atoms with van der Waals surface area (Å²) in [5, 5.41) is 6.93. The van der Waals surface area contributed by atoms with E-state index in [0.29, 0.717) is 44.4 Å². The monoisotopic (exact) mass is 485 g/mol. The Labute approximate surface area is 197 Å². The zero-order valence-corrected chi connectivity index (χ0v) is 19.1. The fourth-order valence-corrected chi connectivity index (χ4v) is 4.20. The second-order valence-electron chi connectivity index (χ2n) is 6.73. The number of amides is 2. The Hall–Kier alpha value is -3.13. The molecule has 0 bridgehead atoms. The summed E-state index contributed by atoms with van der Waals surface area (Å²) in [7, 11) is 0. The highest BCUT2D eigenvalue weighted by atomic mass is 35.5. The van der Waals surface area contributed by atoms with Gasteiger partial charge in [0.05, 0.1) is 20.3 Å². The van der Waals surface area contributed by atoms with E-state index in [1.54, 1.807) is 49.4 Å². The van der Waals surface area contributed by atoms with Crippen LogP contribution in [0, 0.1) is 0 Å². The van der Waals surface area contributed by atoms with Crippen LogP contribution in [0.25, 0.3) is 27.6 Å². The third kappa shape index (κ3) is 5.02. The molecule has 0 saturated heterocycles. The van der Waals surface area contributed by atoms with Gasteiger partial charge in [-0.25, -0.2) is 4.98 Å². The van der Waals surface area contributed by atoms with E-state index in [1.807, 2.05) is 12.1 Å². The molecule has 6 nitrogen and oxygen atoms in total. The van der Waals surface area contributed by atoms with Gasteiger partial charge >= 0.3 is 0 Å². The molecule has 0 saturated carbocycles. The summed E-state index contributed by atoms with van der Waals surface area (Å²) in [6.45, 7) is 1.78. The Balaban J connectivity index is 1.43. The van der Waals surface area contributed by atoms with Crippen molar-refractivity contribution in [2.45, 2.75) is 13.3 Å². The molecule has 2 aromatic carbocycles. The third-order valence-electron chi connectivity index (χ3n) is 4.47. The van der Waals surface area contributed by atoms with Gasteiger partial charge < -0.3 is 15.1 Å². The molecule has 162 valence electrons. The molecule has 0 radical (unpaired) electrons. The molecule has 0 fully saturated rings. The normalized spacial score (nSPS) is 11.2. The van der Waals surface area contributed by atoms with Crippen molar-refractivity contribution in [3.63, 3.8) is 0 Å². The number of rotatable bonds is 6. The van der Waals surface area contributed by atoms with Crippen LogP contribution < -0.4 is 10.6 Å². The smallest absolute Gasteiger partial charge is 0.248 e. The van der Waals surface area contributed by atoms with E-state index in [0.717, 1.165) is 10.2 Å². The first kappa shape index (κ1) is 22.1. The largest absolute Gasteiger partial charge is 0.457 e. The number of halogens is 2. The summed E-state index contributed by atoms with van der Waals surface area (Å²) in [6.07, 6.45) is 3.33. The predicted molar refractivity (Wildman–Crippen MR) is 130 cm³/mol. The molecule has 0 atom stereocenters. The first-order chi connectivity index (χ1) is 15.4. The molecule has 0 aliphatic rings. The van der Waals surface area contributed by atoms with E-state index in [9.17, 15) is 9.59 Å². The van der Waals surface area contributed by atoms with E-state index >= 15 is 0 Å². The van der Waals surface area contributed by atoms with Gasteiger partial charge in [-0.3, -0.25) is 9.59 Å². The second kappa shape index (κ2) is 9.56. The summed E-state index contributed by atoms with van der Waals surface area (Å²) in [5.41, 5.74) is 2.04. The SMILES string of the molecule is CCC(=O)Nc1nc2ccc(NC(=O)C=Cc3ccc(-c4cccc(Cl)c4Cl)o3)cc2s1. The maximum atomic E-state index is 12.3. The number of anilines is 2. The predicted octanol–water partition coefficient (Wildman–Crippen LogP) is 6.86. The zero-order valence-electron chi connectivity index (χ0n) is 16.8. The van der Waals surface area contributed by atoms with Crippen LogP contribution in [-0.4, -0.2) is 16.8 Å². The summed E-state index contributed by atoms with van der Waals surface area (Å²) in [5.74, 6) is 0.646. The van der Waals surface area contributed by atoms with E-state index in [1.165, 1.54) is 17.4 Å². The van der Waals surface area contributed by atoms with Gasteiger partial charge in [-0.2, -0.15) is 0 Å². The average molecular weight is 486 g/mol. The molecule has 0 aliphatic carbocycles. The Morgan fingerprint density at radius 1 is 1.12 bits per heavy atom. The number of carbonyl (C=O) groups is 2. The van der Waals surface area contributed by atoms with Gasteiger partial charge in [-0.15, -0.1) is 0 Å². The third-order valence-corrected chi connectivity index (χ3v) is 6.22. The van der Waals surface area contributed by atoms with Gasteiger partial charge in [0.25, 0.3) is 0 Å². The number of nitrogens with one attached hydrogen (secondary N) is 2. The number of fused-ring (bicyclic) bond motifs is 1. The molecule has 4 rings (SSSR count). The lowest BCUT2D eigenvalue weighted by Crippen LogP contribution is -2.08. The van der Waals surface area contributed by atoms with Gasteiger partial charge in [-0.05, 0) is 48.5 Å². The van der Waals surface area contributed by atoms with Crippen molar-refractivity contribution in [1.82, 2.24) is 4.98 Å². The van der Waals surface area contributed by atoms with Crippen LogP contribution >= 0.6 is 34.5 Å². The van der Waals surface area contributed by atoms with Crippen molar-refractivity contribution in [3.8, 4) is 11.3 Å². The van der Waals surface area contributed by atoms with E-state index < -0.39 is 0 Å². The fraction of sp³-hybridized carbons (Fsp3) is 0.0870. The second-order valence-corrected chi connectivity index (χ2v) is 8.55. The molecule has 0 unspecified atom stereocenters. The number of benzene rings is 2. The standard InChI is InChI=1S/C23H17Cl2N3O3S/c1-2-20(29)28-23-27-17-9-6-13(12-19(17)32-23)26-21(30)11-8-14-7-10-18(31-14)15-4-3-5-16(24)22(15)25/h3-12H,2H2,1H3,(H,26,30)(H,27,28,29). The number of nitrogens with zero attached hydrogens (tertiary/aromatic N) is 1. The van der Waals surface area contributed by atoms with Crippen molar-refractivity contribution >= 4 is 73.5 Å². The molecule has 2 heterocycles. The highest BCUT2D eigenvalue weighted by molar-refractivity contribution is 7.22. The van der Waals surface area contributed by atoms with Gasteiger partial charge in [0, 0.05) is 23.7 Å². The first-order valence-electron chi connectivity index (χ1n) is 9.66. The first-order valence-corrected chi connectivity index (χ1v) is 11.2. The molecule has 0 aliphatic heterocycles. The average Bonchev–Trinajstić information content (AvgIpc) is 3.40. The lowest BCUT2D eigenvalue weighted by Gasteiger charge is -2.02. The summed E-state index contributed by atoms with van der Waals surface area (Å²) in [4.78, 5) is 28.2. The van der Waals surface area contributed by atoms with E-state index in [-0.39, 0.29) is 11.8 Å². The number of furan rings is 1. The molecule has 2 N–H and O–H groups in total. The molecule has 4 aromatic rings. The van der Waals surface area contributed by atoms with Crippen LogP contribution in [-0.2, 0) is 9.59 Å². The van der Waals surface area contributed by atoms with Crippen LogP contribution in [0.1, 0.15) is 19.1 Å². The minimum Gasteiger partial charge on any atom is -0.457 e. The lowest BCUT2D eigenvalue weighted by atomic mass is 10.2. The number of carbonyl (C=O) groups excluding carboxylic acids is 2. The highest BCUT2D eigenvalue weighted by Crippen LogP contribution is 2.34. The van der Waals surface area contributed by atoms with Gasteiger partial charge in [-0.1, -0.05) is 47.5 Å². The quantitative estimate of drug-likeness (QED) is 0.292. The van der Waals surface area contributed by atoms with Crippen molar-refractivity contribution < 1.29 is 14.0 Å². The Morgan fingerprint density at radius 2 is 1.97 bits per heavy atom. The number of hydrogen-bond acceptors (Lipinski definition) is 5. The molecular weight excluding hydrogens is 469 g/mol. The molecular formula is C23H17Cl2N3O3S. The minimum absolute atomic E-state index is 0.0959. The maximum absolute atomic E-state index is 12.3. The van der Waals surface area contributed by atoms with Crippen LogP contribution in [0.4, 0.5) is 10.8 Å². The Bertz CT molecular complexity index is 1340. The van der Waals surface area contributed by atoms with Crippen molar-refractivity contribution in [2.75, 3.05) is 10.6 Å². The van der Waals surface area contributed by atoms with Crippen LogP contribution in [0.5, 0.6) is 0 Å². The molecule has 2 amide bonds. The summed E-state index contributed by atoms with van der Waals surface area (Å²) in [6, 6.07) is 14.2.